The molecule has 2 unspecified atom stereocenters. The van der Waals surface area contributed by atoms with Crippen molar-refractivity contribution in [3.8, 4) is 0 Å². The minimum atomic E-state index is -0.666. The Labute approximate surface area is 166 Å². The molecule has 0 saturated carbocycles. The molecule has 5 heteroatoms. The molecule has 5 nitrogen and oxygen atoms in total. The maximum absolute atomic E-state index is 13.1. The van der Waals surface area contributed by atoms with Crippen LogP contribution >= 0.6 is 0 Å². The summed E-state index contributed by atoms with van der Waals surface area (Å²) in [5.74, 6) is -0.408. The maximum atomic E-state index is 13.1. The monoisotopic (exact) mass is 379 g/mol. The van der Waals surface area contributed by atoms with Crippen molar-refractivity contribution in [3.63, 3.8) is 0 Å². The number of benzene rings is 2. The van der Waals surface area contributed by atoms with E-state index in [4.69, 9.17) is 5.73 Å². The summed E-state index contributed by atoms with van der Waals surface area (Å²) >= 11 is 0. The van der Waals surface area contributed by atoms with Gasteiger partial charge in [-0.2, -0.15) is 0 Å². The summed E-state index contributed by atoms with van der Waals surface area (Å²) in [7, 11) is 0. The molecule has 2 amide bonds. The third kappa shape index (κ3) is 4.42. The first-order valence-electron chi connectivity index (χ1n) is 9.69. The van der Waals surface area contributed by atoms with Gasteiger partial charge in [-0.25, -0.2) is 0 Å². The number of aryl methyl sites for hydroxylation is 1. The molecule has 2 atom stereocenters. The Morgan fingerprint density at radius 2 is 1.79 bits per heavy atom. The van der Waals surface area contributed by atoms with E-state index in [2.05, 4.69) is 36.5 Å². The van der Waals surface area contributed by atoms with Crippen LogP contribution in [0.3, 0.4) is 0 Å². The number of nitrogens with zero attached hydrogens (tertiary/aromatic N) is 1. The maximum Gasteiger partial charge on any atom is 0.244 e. The van der Waals surface area contributed by atoms with Crippen molar-refractivity contribution in [3.05, 3.63) is 65.2 Å². The van der Waals surface area contributed by atoms with Gasteiger partial charge in [0.25, 0.3) is 0 Å². The summed E-state index contributed by atoms with van der Waals surface area (Å²) in [5, 5.41) is 2.93. The molecular formula is C23H29N3O2. The highest BCUT2D eigenvalue weighted by molar-refractivity contribution is 6.03. The van der Waals surface area contributed by atoms with Crippen molar-refractivity contribution in [2.75, 3.05) is 11.4 Å². The van der Waals surface area contributed by atoms with Gasteiger partial charge in [-0.1, -0.05) is 48.0 Å². The van der Waals surface area contributed by atoms with Crippen LogP contribution in [0.25, 0.3) is 0 Å². The molecule has 0 bridgehead atoms. The van der Waals surface area contributed by atoms with Gasteiger partial charge in [-0.15, -0.1) is 0 Å². The van der Waals surface area contributed by atoms with Crippen LogP contribution in [0.2, 0.25) is 0 Å². The van der Waals surface area contributed by atoms with Gasteiger partial charge in [0.1, 0.15) is 6.54 Å². The zero-order valence-corrected chi connectivity index (χ0v) is 17.0. The molecule has 0 aliphatic carbocycles. The van der Waals surface area contributed by atoms with Crippen LogP contribution in [0, 0.1) is 6.92 Å². The molecule has 2 aromatic rings. The molecule has 0 spiro atoms. The summed E-state index contributed by atoms with van der Waals surface area (Å²) in [5.41, 5.74) is 10.0. The van der Waals surface area contributed by atoms with E-state index in [1.54, 1.807) is 0 Å². The van der Waals surface area contributed by atoms with E-state index in [1.165, 1.54) is 10.5 Å². The Balaban J connectivity index is 2.01. The Hall–Kier alpha value is -2.66. The Morgan fingerprint density at radius 1 is 1.14 bits per heavy atom. The Kier molecular flexibility index (Phi) is 5.57. The van der Waals surface area contributed by atoms with Gasteiger partial charge in [-0.3, -0.25) is 9.59 Å². The number of anilines is 1. The van der Waals surface area contributed by atoms with Crippen molar-refractivity contribution in [1.82, 2.24) is 5.32 Å². The molecule has 1 heterocycles. The van der Waals surface area contributed by atoms with E-state index < -0.39 is 6.04 Å². The van der Waals surface area contributed by atoms with Gasteiger partial charge < -0.3 is 16.0 Å². The molecule has 3 N–H and O–H groups in total. The smallest absolute Gasteiger partial charge is 0.244 e. The molecule has 2 aromatic carbocycles. The lowest BCUT2D eigenvalue weighted by Gasteiger charge is -2.27. The van der Waals surface area contributed by atoms with E-state index in [0.717, 1.165) is 16.8 Å². The molecule has 0 radical (unpaired) electrons. The zero-order chi connectivity index (χ0) is 20.5. The van der Waals surface area contributed by atoms with E-state index >= 15 is 0 Å². The standard InChI is InChI=1S/C23H29N3O2/c1-15-9-11-16(12-10-15)18-13-19(24)22(28)26(14-21(27)25-23(2,3)4)20-8-6-5-7-17(18)20/h5-12,18-19H,13-14,24H2,1-4H3,(H,25,27). The van der Waals surface area contributed by atoms with Gasteiger partial charge in [0, 0.05) is 17.1 Å². The van der Waals surface area contributed by atoms with Crippen molar-refractivity contribution in [1.29, 1.82) is 0 Å². The summed E-state index contributed by atoms with van der Waals surface area (Å²) < 4.78 is 0. The fourth-order valence-corrected chi connectivity index (χ4v) is 3.71. The average molecular weight is 380 g/mol. The van der Waals surface area contributed by atoms with Crippen molar-refractivity contribution < 1.29 is 9.59 Å². The van der Waals surface area contributed by atoms with Crippen LogP contribution in [0.5, 0.6) is 0 Å². The topological polar surface area (TPSA) is 75.4 Å². The quantitative estimate of drug-likeness (QED) is 0.860. The first kappa shape index (κ1) is 20.1. The number of nitrogens with one attached hydrogen (secondary N) is 1. The number of para-hydroxylation sites is 1. The first-order chi connectivity index (χ1) is 13.2. The van der Waals surface area contributed by atoms with E-state index in [0.29, 0.717) is 6.42 Å². The molecule has 0 aromatic heterocycles. The molecule has 3 rings (SSSR count). The summed E-state index contributed by atoms with van der Waals surface area (Å²) in [4.78, 5) is 27.1. The van der Waals surface area contributed by atoms with Crippen molar-refractivity contribution in [2.24, 2.45) is 5.73 Å². The Morgan fingerprint density at radius 3 is 2.43 bits per heavy atom. The molecular weight excluding hydrogens is 350 g/mol. The van der Waals surface area contributed by atoms with Gasteiger partial charge in [-0.05, 0) is 51.3 Å². The van der Waals surface area contributed by atoms with Crippen LogP contribution in [0.4, 0.5) is 5.69 Å². The molecule has 1 aliphatic rings. The van der Waals surface area contributed by atoms with Crippen LogP contribution in [0.1, 0.15) is 49.8 Å². The highest BCUT2D eigenvalue weighted by Crippen LogP contribution is 2.38. The summed E-state index contributed by atoms with van der Waals surface area (Å²) in [6, 6.07) is 15.5. The number of fused-ring (bicyclic) bond motifs is 1. The van der Waals surface area contributed by atoms with Crippen LogP contribution in [-0.4, -0.2) is 29.9 Å². The van der Waals surface area contributed by atoms with E-state index in [9.17, 15) is 9.59 Å². The number of carbonyl (C=O) groups is 2. The summed E-state index contributed by atoms with van der Waals surface area (Å²) in [6.45, 7) is 7.77. The lowest BCUT2D eigenvalue weighted by atomic mass is 9.86. The second-order valence-electron chi connectivity index (χ2n) is 8.59. The minimum Gasteiger partial charge on any atom is -0.350 e. The third-order valence-electron chi connectivity index (χ3n) is 4.97. The first-order valence-corrected chi connectivity index (χ1v) is 9.69. The van der Waals surface area contributed by atoms with Crippen LogP contribution < -0.4 is 16.0 Å². The normalized spacial score (nSPS) is 19.8. The molecule has 148 valence electrons. The minimum absolute atomic E-state index is 0.00595. The number of rotatable bonds is 3. The number of amides is 2. The predicted octanol–water partition coefficient (Wildman–Crippen LogP) is 3.11. The second-order valence-corrected chi connectivity index (χ2v) is 8.59. The lowest BCUT2D eigenvalue weighted by molar-refractivity contribution is -0.125. The number of hydrogen-bond acceptors (Lipinski definition) is 3. The number of nitrogens with two attached hydrogens (primary N) is 1. The largest absolute Gasteiger partial charge is 0.350 e. The second kappa shape index (κ2) is 7.76. The van der Waals surface area contributed by atoms with Crippen LogP contribution in [0.15, 0.2) is 48.5 Å². The number of carbonyl (C=O) groups excluding carboxylic acids is 2. The van der Waals surface area contributed by atoms with Gasteiger partial charge >= 0.3 is 0 Å². The highest BCUT2D eigenvalue weighted by atomic mass is 16.2. The fourth-order valence-electron chi connectivity index (χ4n) is 3.71. The number of hydrogen-bond donors (Lipinski definition) is 2. The fraction of sp³-hybridized carbons (Fsp3) is 0.391. The van der Waals surface area contributed by atoms with Gasteiger partial charge in [0.15, 0.2) is 0 Å². The highest BCUT2D eigenvalue weighted by Gasteiger charge is 2.34. The SMILES string of the molecule is Cc1ccc(C2CC(N)C(=O)N(CC(=O)NC(C)(C)C)c3ccccc32)cc1. The predicted molar refractivity (Wildman–Crippen MR) is 112 cm³/mol. The molecule has 1 aliphatic heterocycles. The van der Waals surface area contributed by atoms with E-state index in [-0.39, 0.29) is 29.8 Å². The summed E-state index contributed by atoms with van der Waals surface area (Å²) in [6.07, 6.45) is 0.510. The zero-order valence-electron chi connectivity index (χ0n) is 17.0. The third-order valence-corrected chi connectivity index (χ3v) is 4.97. The van der Waals surface area contributed by atoms with Crippen molar-refractivity contribution in [2.45, 2.75) is 51.6 Å². The van der Waals surface area contributed by atoms with Crippen molar-refractivity contribution >= 4 is 17.5 Å². The van der Waals surface area contributed by atoms with Gasteiger partial charge in [0.05, 0.1) is 6.04 Å². The lowest BCUT2D eigenvalue weighted by Crippen LogP contribution is -2.50. The van der Waals surface area contributed by atoms with E-state index in [1.807, 2.05) is 45.0 Å². The average Bonchev–Trinajstić information content (AvgIpc) is 2.72. The van der Waals surface area contributed by atoms with Crippen LogP contribution in [-0.2, 0) is 9.59 Å². The molecule has 0 fully saturated rings. The Bertz CT molecular complexity index is 868. The van der Waals surface area contributed by atoms with Gasteiger partial charge in [0.2, 0.25) is 11.8 Å². The molecule has 0 saturated heterocycles. The molecule has 28 heavy (non-hydrogen) atoms.